The van der Waals surface area contributed by atoms with Crippen LogP contribution in [0.1, 0.15) is 39.4 Å². The first kappa shape index (κ1) is 15.4. The number of hydrogen-bond acceptors (Lipinski definition) is 5. The normalized spacial score (nSPS) is 12.3. The molecular formula is C16H19N5O2. The summed E-state index contributed by atoms with van der Waals surface area (Å²) in [4.78, 5) is 16.3. The van der Waals surface area contributed by atoms with Crippen LogP contribution in [0.25, 0.3) is 16.9 Å². The third-order valence-corrected chi connectivity index (χ3v) is 3.57. The quantitative estimate of drug-likeness (QED) is 0.796. The van der Waals surface area contributed by atoms with Gasteiger partial charge in [0.05, 0.1) is 17.3 Å². The second kappa shape index (κ2) is 5.27. The Hall–Kier alpha value is -2.54. The van der Waals surface area contributed by atoms with E-state index in [1.54, 1.807) is 42.9 Å². The minimum Gasteiger partial charge on any atom is -0.384 e. The molecule has 1 N–H and O–H groups in total. The second-order valence-electron chi connectivity index (χ2n) is 6.29. The fourth-order valence-corrected chi connectivity index (χ4v) is 2.34. The first-order chi connectivity index (χ1) is 10.8. The van der Waals surface area contributed by atoms with Gasteiger partial charge >= 0.3 is 0 Å². The molecule has 120 valence electrons. The molecule has 0 amide bonds. The minimum absolute atomic E-state index is 0.0426. The van der Waals surface area contributed by atoms with Crippen molar-refractivity contribution in [2.75, 3.05) is 0 Å². The van der Waals surface area contributed by atoms with Crippen LogP contribution in [0.2, 0.25) is 0 Å². The van der Waals surface area contributed by atoms with Crippen LogP contribution in [0, 0.1) is 0 Å². The number of nitrogens with zero attached hydrogens (tertiary/aromatic N) is 5. The average molecular weight is 313 g/mol. The van der Waals surface area contributed by atoms with Crippen molar-refractivity contribution in [2.45, 2.75) is 39.3 Å². The molecule has 0 radical (unpaired) electrons. The molecule has 0 atom stereocenters. The molecule has 0 aliphatic rings. The lowest BCUT2D eigenvalue weighted by Crippen LogP contribution is -2.24. The fraction of sp³-hybridized carbons (Fsp3) is 0.375. The third kappa shape index (κ3) is 2.75. The van der Waals surface area contributed by atoms with Crippen molar-refractivity contribution in [3.05, 3.63) is 46.6 Å². The molecule has 0 aliphatic carbocycles. The molecule has 0 saturated carbocycles. The Labute approximate surface area is 133 Å². The standard InChI is InChI=1S/C16H19N5O2/c1-10(2)21-14(22)6-5-11(18-21)15-12-9-13(16(3,4)23)19-20(12)8-7-17-15/h5-10,23H,1-4H3. The van der Waals surface area contributed by atoms with Gasteiger partial charge in [0.2, 0.25) is 0 Å². The van der Waals surface area contributed by atoms with Gasteiger partial charge in [-0.2, -0.15) is 10.2 Å². The van der Waals surface area contributed by atoms with Gasteiger partial charge in [-0.25, -0.2) is 9.20 Å². The lowest BCUT2D eigenvalue weighted by molar-refractivity contribution is 0.0735. The van der Waals surface area contributed by atoms with Gasteiger partial charge in [0, 0.05) is 18.5 Å². The Morgan fingerprint density at radius 3 is 2.61 bits per heavy atom. The van der Waals surface area contributed by atoms with Crippen LogP contribution in [0.5, 0.6) is 0 Å². The van der Waals surface area contributed by atoms with E-state index < -0.39 is 5.60 Å². The van der Waals surface area contributed by atoms with Crippen LogP contribution in [-0.4, -0.2) is 29.5 Å². The maximum Gasteiger partial charge on any atom is 0.267 e. The van der Waals surface area contributed by atoms with E-state index in [2.05, 4.69) is 15.2 Å². The molecule has 0 spiro atoms. The van der Waals surface area contributed by atoms with E-state index >= 15 is 0 Å². The number of rotatable bonds is 3. The first-order valence-corrected chi connectivity index (χ1v) is 7.45. The first-order valence-electron chi connectivity index (χ1n) is 7.45. The zero-order chi connectivity index (χ0) is 16.8. The number of hydrogen-bond donors (Lipinski definition) is 1. The third-order valence-electron chi connectivity index (χ3n) is 3.57. The summed E-state index contributed by atoms with van der Waals surface area (Å²) >= 11 is 0. The van der Waals surface area contributed by atoms with Gasteiger partial charge in [0.25, 0.3) is 5.56 Å². The summed E-state index contributed by atoms with van der Waals surface area (Å²) in [7, 11) is 0. The molecule has 3 aromatic heterocycles. The van der Waals surface area contributed by atoms with E-state index in [4.69, 9.17) is 0 Å². The average Bonchev–Trinajstić information content (AvgIpc) is 2.91. The maximum atomic E-state index is 11.9. The summed E-state index contributed by atoms with van der Waals surface area (Å²) < 4.78 is 3.08. The van der Waals surface area contributed by atoms with Crippen molar-refractivity contribution < 1.29 is 5.11 Å². The highest BCUT2D eigenvalue weighted by Gasteiger charge is 2.21. The molecule has 0 aromatic carbocycles. The predicted octanol–water partition coefficient (Wildman–Crippen LogP) is 1.76. The van der Waals surface area contributed by atoms with E-state index in [-0.39, 0.29) is 11.6 Å². The van der Waals surface area contributed by atoms with Crippen molar-refractivity contribution in [2.24, 2.45) is 0 Å². The summed E-state index contributed by atoms with van der Waals surface area (Å²) in [6.45, 7) is 7.16. The zero-order valence-corrected chi connectivity index (χ0v) is 13.6. The number of aromatic nitrogens is 5. The highest BCUT2D eigenvalue weighted by atomic mass is 16.3. The van der Waals surface area contributed by atoms with Gasteiger partial charge in [-0.05, 0) is 39.8 Å². The molecule has 0 bridgehead atoms. The molecule has 3 aromatic rings. The van der Waals surface area contributed by atoms with Gasteiger partial charge in [-0.3, -0.25) is 9.78 Å². The highest BCUT2D eigenvalue weighted by Crippen LogP contribution is 2.25. The summed E-state index contributed by atoms with van der Waals surface area (Å²) in [5, 5.41) is 18.9. The fourth-order valence-electron chi connectivity index (χ4n) is 2.34. The molecule has 7 heteroatoms. The summed E-state index contributed by atoms with van der Waals surface area (Å²) in [6.07, 6.45) is 3.34. The Morgan fingerprint density at radius 1 is 1.22 bits per heavy atom. The van der Waals surface area contributed by atoms with Crippen molar-refractivity contribution >= 4 is 5.52 Å². The molecule has 0 aliphatic heterocycles. The number of fused-ring (bicyclic) bond motifs is 1. The summed E-state index contributed by atoms with van der Waals surface area (Å²) in [5.41, 5.74) is 1.28. The zero-order valence-electron chi connectivity index (χ0n) is 13.6. The van der Waals surface area contributed by atoms with E-state index in [1.807, 2.05) is 13.8 Å². The molecular weight excluding hydrogens is 294 g/mol. The SMILES string of the molecule is CC(C)n1nc(-c2nccn3nc(C(C)(C)O)cc23)ccc1=O. The molecule has 23 heavy (non-hydrogen) atoms. The summed E-state index contributed by atoms with van der Waals surface area (Å²) in [5.74, 6) is 0. The van der Waals surface area contributed by atoms with Crippen LogP contribution in [0.15, 0.2) is 35.4 Å². The van der Waals surface area contributed by atoms with Crippen LogP contribution in [0.4, 0.5) is 0 Å². The topological polar surface area (TPSA) is 85.3 Å². The molecule has 3 rings (SSSR count). The van der Waals surface area contributed by atoms with Gasteiger partial charge in [0.15, 0.2) is 0 Å². The largest absolute Gasteiger partial charge is 0.384 e. The molecule has 0 unspecified atom stereocenters. The van der Waals surface area contributed by atoms with Crippen molar-refractivity contribution in [1.29, 1.82) is 0 Å². The van der Waals surface area contributed by atoms with Crippen LogP contribution in [0.3, 0.4) is 0 Å². The summed E-state index contributed by atoms with van der Waals surface area (Å²) in [6, 6.07) is 4.88. The van der Waals surface area contributed by atoms with Crippen LogP contribution >= 0.6 is 0 Å². The van der Waals surface area contributed by atoms with Gasteiger partial charge < -0.3 is 5.11 Å². The van der Waals surface area contributed by atoms with Gasteiger partial charge in [-0.1, -0.05) is 0 Å². The van der Waals surface area contributed by atoms with E-state index in [9.17, 15) is 9.90 Å². The highest BCUT2D eigenvalue weighted by molar-refractivity contribution is 5.74. The van der Waals surface area contributed by atoms with Crippen molar-refractivity contribution in [3.63, 3.8) is 0 Å². The van der Waals surface area contributed by atoms with E-state index in [0.717, 1.165) is 5.52 Å². The lowest BCUT2D eigenvalue weighted by atomic mass is 10.1. The van der Waals surface area contributed by atoms with Crippen molar-refractivity contribution in [1.82, 2.24) is 24.4 Å². The monoisotopic (exact) mass is 313 g/mol. The Bertz CT molecular complexity index is 918. The molecule has 0 saturated heterocycles. The van der Waals surface area contributed by atoms with Gasteiger partial charge in [-0.15, -0.1) is 0 Å². The van der Waals surface area contributed by atoms with Crippen molar-refractivity contribution in [3.8, 4) is 11.4 Å². The number of aliphatic hydroxyl groups is 1. The molecule has 0 fully saturated rings. The smallest absolute Gasteiger partial charge is 0.267 e. The van der Waals surface area contributed by atoms with Crippen LogP contribution < -0.4 is 5.56 Å². The van der Waals surface area contributed by atoms with Crippen LogP contribution in [-0.2, 0) is 5.60 Å². The maximum absolute atomic E-state index is 11.9. The predicted molar refractivity (Wildman–Crippen MR) is 86.1 cm³/mol. The Morgan fingerprint density at radius 2 is 1.96 bits per heavy atom. The molecule has 3 heterocycles. The Balaban J connectivity index is 2.23. The lowest BCUT2D eigenvalue weighted by Gasteiger charge is -2.12. The Kier molecular flexibility index (Phi) is 3.52. The second-order valence-corrected chi connectivity index (χ2v) is 6.29. The molecule has 7 nitrogen and oxygen atoms in total. The van der Waals surface area contributed by atoms with E-state index in [0.29, 0.717) is 17.1 Å². The van der Waals surface area contributed by atoms with E-state index in [1.165, 1.54) is 10.7 Å². The van der Waals surface area contributed by atoms with Gasteiger partial charge in [0.1, 0.15) is 17.0 Å². The minimum atomic E-state index is -1.05.